The first-order valence-corrected chi connectivity index (χ1v) is 12.7. The number of hydrogen-bond acceptors (Lipinski definition) is 4. The molecular formula is C30H30F3NO5. The number of alkyl halides is 3. The normalized spacial score (nSPS) is 22.2. The van der Waals surface area contributed by atoms with Crippen LogP contribution >= 0.6 is 0 Å². The third kappa shape index (κ3) is 6.66. The second-order valence-electron chi connectivity index (χ2n) is 9.83. The van der Waals surface area contributed by atoms with Crippen molar-refractivity contribution in [1.29, 1.82) is 0 Å². The quantitative estimate of drug-likeness (QED) is 0.371. The molecule has 39 heavy (non-hydrogen) atoms. The van der Waals surface area contributed by atoms with Crippen LogP contribution in [0.25, 0.3) is 0 Å². The molecule has 6 nitrogen and oxygen atoms in total. The molecule has 9 heteroatoms. The summed E-state index contributed by atoms with van der Waals surface area (Å²) < 4.78 is 46.6. The number of nitrogens with zero attached hydrogens (tertiary/aromatic N) is 1. The summed E-state index contributed by atoms with van der Waals surface area (Å²) in [4.78, 5) is 20.6. The van der Waals surface area contributed by atoms with Gasteiger partial charge in [-0.05, 0) is 54.0 Å². The van der Waals surface area contributed by atoms with Crippen molar-refractivity contribution in [2.24, 2.45) is 5.92 Å². The number of ether oxygens (including phenoxy) is 1. The van der Waals surface area contributed by atoms with E-state index in [0.717, 1.165) is 38.4 Å². The van der Waals surface area contributed by atoms with E-state index in [1.165, 1.54) is 23.3 Å². The molecule has 0 unspecified atom stereocenters. The van der Waals surface area contributed by atoms with E-state index in [-0.39, 0.29) is 12.5 Å². The minimum absolute atomic E-state index is 0.0335. The van der Waals surface area contributed by atoms with Gasteiger partial charge in [0.2, 0.25) is 0 Å². The van der Waals surface area contributed by atoms with E-state index in [0.29, 0.717) is 11.5 Å². The lowest BCUT2D eigenvalue weighted by atomic mass is 9.71. The molecular weight excluding hydrogens is 511 g/mol. The summed E-state index contributed by atoms with van der Waals surface area (Å²) in [5.74, 6) is -3.12. The van der Waals surface area contributed by atoms with Crippen LogP contribution in [-0.2, 0) is 27.1 Å². The Morgan fingerprint density at radius 1 is 0.872 bits per heavy atom. The predicted octanol–water partition coefficient (Wildman–Crippen LogP) is 6.02. The molecule has 2 bridgehead atoms. The lowest BCUT2D eigenvalue weighted by molar-refractivity contribution is -0.222. The van der Waals surface area contributed by atoms with E-state index >= 15 is 0 Å². The van der Waals surface area contributed by atoms with Crippen LogP contribution in [0.15, 0.2) is 84.9 Å². The van der Waals surface area contributed by atoms with Crippen LogP contribution in [0.5, 0.6) is 0 Å². The first kappa shape index (κ1) is 28.3. The van der Waals surface area contributed by atoms with E-state index in [1.54, 1.807) is 6.07 Å². The Morgan fingerprint density at radius 3 is 1.85 bits per heavy atom. The molecule has 0 radical (unpaired) electrons. The number of aliphatic carboxylic acids is 2. The van der Waals surface area contributed by atoms with Gasteiger partial charge < -0.3 is 14.9 Å². The molecule has 3 heterocycles. The van der Waals surface area contributed by atoms with Gasteiger partial charge in [0, 0.05) is 13.1 Å². The average Bonchev–Trinajstić information content (AvgIpc) is 2.94. The summed E-state index contributed by atoms with van der Waals surface area (Å²) in [6.07, 6.45) is -1.20. The van der Waals surface area contributed by atoms with E-state index in [9.17, 15) is 13.2 Å². The van der Waals surface area contributed by atoms with Crippen LogP contribution in [-0.4, -0.2) is 45.9 Å². The Bertz CT molecular complexity index is 1210. The van der Waals surface area contributed by atoms with Crippen molar-refractivity contribution in [2.75, 3.05) is 13.1 Å². The van der Waals surface area contributed by atoms with Gasteiger partial charge >= 0.3 is 18.1 Å². The van der Waals surface area contributed by atoms with Gasteiger partial charge in [-0.15, -0.1) is 0 Å². The van der Waals surface area contributed by atoms with Gasteiger partial charge in [-0.2, -0.15) is 13.2 Å². The molecule has 3 saturated heterocycles. The van der Waals surface area contributed by atoms with Gasteiger partial charge in [0.25, 0.3) is 0 Å². The number of hydrogen-bond donors (Lipinski definition) is 2. The first-order chi connectivity index (χ1) is 18.6. The van der Waals surface area contributed by atoms with E-state index in [1.807, 2.05) is 36.4 Å². The molecule has 1 atom stereocenters. The maximum atomic E-state index is 13.3. The van der Waals surface area contributed by atoms with Crippen LogP contribution in [0.4, 0.5) is 13.2 Å². The van der Waals surface area contributed by atoms with Crippen molar-refractivity contribution >= 4 is 11.9 Å². The van der Waals surface area contributed by atoms with Crippen LogP contribution in [0.2, 0.25) is 0 Å². The molecule has 3 aromatic rings. The molecule has 0 saturated carbocycles. The standard InChI is InChI=1S/C28H28F3NO.C2H2O4/c29-28(30,31)25-13-7-8-22(18-25)20-33-27(19-21-14-16-32(27)17-15-21)26(23-9-3-1-4-10-23)24-11-5-2-6-12-24;3-1(4)2(5)6/h1-13,18,21,26H,14-17,19-20H2;(H,3,4)(H,5,6)/t27-;/m0./s1. The van der Waals surface area contributed by atoms with Gasteiger partial charge in [0.1, 0.15) is 5.72 Å². The van der Waals surface area contributed by atoms with Crippen molar-refractivity contribution < 1.29 is 37.7 Å². The highest BCUT2D eigenvalue weighted by molar-refractivity contribution is 6.27. The summed E-state index contributed by atoms with van der Waals surface area (Å²) in [5, 5.41) is 14.8. The molecule has 0 aliphatic carbocycles. The summed E-state index contributed by atoms with van der Waals surface area (Å²) in [6.45, 7) is 2.04. The molecule has 206 valence electrons. The van der Waals surface area contributed by atoms with Gasteiger partial charge in [0.15, 0.2) is 0 Å². The van der Waals surface area contributed by atoms with Crippen LogP contribution in [0.1, 0.15) is 47.4 Å². The smallest absolute Gasteiger partial charge is 0.416 e. The Hall–Kier alpha value is -3.69. The molecule has 0 aromatic heterocycles. The monoisotopic (exact) mass is 541 g/mol. The zero-order chi connectivity index (χ0) is 28.0. The van der Waals surface area contributed by atoms with Gasteiger partial charge in [-0.25, -0.2) is 9.59 Å². The molecule has 0 spiro atoms. The minimum Gasteiger partial charge on any atom is -0.473 e. The number of halogens is 3. The molecule has 2 N–H and O–H groups in total. The average molecular weight is 542 g/mol. The summed E-state index contributed by atoms with van der Waals surface area (Å²) >= 11 is 0. The van der Waals surface area contributed by atoms with Crippen LogP contribution < -0.4 is 0 Å². The predicted molar refractivity (Wildman–Crippen MR) is 138 cm³/mol. The molecule has 0 amide bonds. The lowest BCUT2D eigenvalue weighted by Crippen LogP contribution is -2.62. The topological polar surface area (TPSA) is 87.1 Å². The number of benzene rings is 3. The lowest BCUT2D eigenvalue weighted by Gasteiger charge is -2.57. The van der Waals surface area contributed by atoms with Crippen LogP contribution in [0, 0.1) is 5.92 Å². The van der Waals surface area contributed by atoms with Crippen molar-refractivity contribution in [3.05, 3.63) is 107 Å². The zero-order valence-corrected chi connectivity index (χ0v) is 21.2. The van der Waals surface area contributed by atoms with Crippen molar-refractivity contribution in [3.8, 4) is 0 Å². The number of piperidine rings is 3. The number of carbonyl (C=O) groups is 2. The second kappa shape index (κ2) is 12.0. The fourth-order valence-corrected chi connectivity index (χ4v) is 5.64. The first-order valence-electron chi connectivity index (χ1n) is 12.7. The highest BCUT2D eigenvalue weighted by Crippen LogP contribution is 2.50. The Kier molecular flexibility index (Phi) is 8.72. The SMILES string of the molecule is FC(F)(F)c1cccc(CO[C@]2(C(c3ccccc3)c3ccccc3)CC3CCN2CC3)c1.O=C(O)C(=O)O. The minimum atomic E-state index is -4.36. The highest BCUT2D eigenvalue weighted by atomic mass is 19.4. The van der Waals surface area contributed by atoms with E-state index in [4.69, 9.17) is 24.5 Å². The number of carboxylic acid groups (broad SMARTS) is 2. The zero-order valence-electron chi connectivity index (χ0n) is 21.2. The maximum absolute atomic E-state index is 13.3. The fourth-order valence-electron chi connectivity index (χ4n) is 5.64. The highest BCUT2D eigenvalue weighted by Gasteiger charge is 2.52. The number of rotatable bonds is 6. The third-order valence-electron chi connectivity index (χ3n) is 7.37. The van der Waals surface area contributed by atoms with Gasteiger partial charge in [-0.1, -0.05) is 72.8 Å². The molecule has 3 aromatic carbocycles. The third-order valence-corrected chi connectivity index (χ3v) is 7.37. The summed E-state index contributed by atoms with van der Waals surface area (Å²) in [6, 6.07) is 26.2. The Labute approximate surface area is 224 Å². The molecule has 6 rings (SSSR count). The van der Waals surface area contributed by atoms with Crippen LogP contribution in [0.3, 0.4) is 0 Å². The van der Waals surface area contributed by atoms with Crippen molar-refractivity contribution in [3.63, 3.8) is 0 Å². The Morgan fingerprint density at radius 2 is 1.41 bits per heavy atom. The molecule has 3 aliphatic heterocycles. The maximum Gasteiger partial charge on any atom is 0.416 e. The Balaban J connectivity index is 0.000000531. The molecule has 3 fully saturated rings. The van der Waals surface area contributed by atoms with Gasteiger partial charge in [-0.3, -0.25) is 4.90 Å². The van der Waals surface area contributed by atoms with Crippen molar-refractivity contribution in [1.82, 2.24) is 4.90 Å². The summed E-state index contributed by atoms with van der Waals surface area (Å²) in [7, 11) is 0. The summed E-state index contributed by atoms with van der Waals surface area (Å²) in [5.41, 5.74) is 1.65. The second-order valence-corrected chi connectivity index (χ2v) is 9.83. The van der Waals surface area contributed by atoms with E-state index in [2.05, 4.69) is 29.2 Å². The largest absolute Gasteiger partial charge is 0.473 e. The van der Waals surface area contributed by atoms with E-state index < -0.39 is 29.4 Å². The fraction of sp³-hybridized carbons (Fsp3) is 0.333. The van der Waals surface area contributed by atoms with Gasteiger partial charge in [0.05, 0.1) is 18.1 Å². The number of carboxylic acids is 2. The number of fused-ring (bicyclic) bond motifs is 3. The van der Waals surface area contributed by atoms with Crippen molar-refractivity contribution in [2.45, 2.75) is 43.7 Å². The molecule has 3 aliphatic rings.